The molecule has 0 heterocycles. The lowest BCUT2D eigenvalue weighted by molar-refractivity contribution is 0.441. The molecule has 1 aromatic carbocycles. The number of aromatic hydroxyl groups is 2. The van der Waals surface area contributed by atoms with E-state index in [0.717, 1.165) is 86.5 Å². The van der Waals surface area contributed by atoms with Crippen LogP contribution >= 0.6 is 0 Å². The highest BCUT2D eigenvalue weighted by molar-refractivity contribution is 5.60. The van der Waals surface area contributed by atoms with Gasteiger partial charge >= 0.3 is 0 Å². The van der Waals surface area contributed by atoms with Crippen molar-refractivity contribution in [3.8, 4) is 11.5 Å². The van der Waals surface area contributed by atoms with Crippen LogP contribution < -0.4 is 0 Å². The molecule has 2 nitrogen and oxygen atoms in total. The lowest BCUT2D eigenvalue weighted by atomic mass is 9.88. The van der Waals surface area contributed by atoms with E-state index in [2.05, 4.69) is 110 Å². The van der Waals surface area contributed by atoms with Gasteiger partial charge in [0.05, 0.1) is 0 Å². The molecular weight excluding hydrogens is 585 g/mol. The molecule has 48 heavy (non-hydrogen) atoms. The normalized spacial score (nSPS) is 14.9. The molecule has 1 aliphatic carbocycles. The van der Waals surface area contributed by atoms with Crippen molar-refractivity contribution in [1.82, 2.24) is 0 Å². The number of phenols is 2. The standard InChI is InChI=1S/C46H68O2/c1-34(2)18-12-19-35(3)20-13-21-36(4)22-14-23-37(5)24-15-25-38(6)26-16-27-39(7)28-17-29-40(8)32-33-42-41(9)45(47)43-30-10-11-31-44(43)46(42)48/h10-11,18,20,22,24,26,28,32,47-48H,12-17,19,21,23,25,27,29-31,33H2,1-9H3/b35-20?,36-22?,37-24?,38-26?,39-28?,40-32+. The molecule has 1 aliphatic rings. The lowest BCUT2D eigenvalue weighted by Crippen LogP contribution is -2.03. The van der Waals surface area contributed by atoms with Crippen LogP contribution in [0.1, 0.15) is 155 Å². The van der Waals surface area contributed by atoms with Crippen molar-refractivity contribution in [2.45, 2.75) is 159 Å². The fraction of sp³-hybridized carbons (Fsp3) is 0.522. The Balaban J connectivity index is 1.66. The lowest BCUT2D eigenvalue weighted by Gasteiger charge is -2.20. The molecule has 0 radical (unpaired) electrons. The van der Waals surface area contributed by atoms with E-state index < -0.39 is 0 Å². The first-order valence-electron chi connectivity index (χ1n) is 18.7. The third-order valence-corrected chi connectivity index (χ3v) is 9.74. The van der Waals surface area contributed by atoms with Crippen molar-refractivity contribution in [2.24, 2.45) is 0 Å². The molecule has 2 heteroatoms. The number of hydrogen-bond donors (Lipinski definition) is 2. The van der Waals surface area contributed by atoms with Crippen LogP contribution in [0.4, 0.5) is 0 Å². The molecule has 0 amide bonds. The summed E-state index contributed by atoms with van der Waals surface area (Å²) in [4.78, 5) is 0. The number of fused-ring (bicyclic) bond motifs is 1. The second-order valence-corrected chi connectivity index (χ2v) is 14.7. The average Bonchev–Trinajstić information content (AvgIpc) is 3.03. The van der Waals surface area contributed by atoms with Crippen molar-refractivity contribution in [3.63, 3.8) is 0 Å². The predicted octanol–water partition coefficient (Wildman–Crippen LogP) is 13.9. The Kier molecular flexibility index (Phi) is 19.1. The minimum atomic E-state index is 0.354. The number of rotatable bonds is 20. The second kappa shape index (κ2) is 22.4. The van der Waals surface area contributed by atoms with Gasteiger partial charge in [0.2, 0.25) is 0 Å². The summed E-state index contributed by atoms with van der Waals surface area (Å²) >= 11 is 0. The Morgan fingerprint density at radius 1 is 0.479 bits per heavy atom. The molecule has 2 rings (SSSR count). The molecule has 1 aromatic rings. The van der Waals surface area contributed by atoms with Gasteiger partial charge in [-0.3, -0.25) is 0 Å². The number of hydrogen-bond acceptors (Lipinski definition) is 2. The number of allylic oxidation sites excluding steroid dienone is 16. The van der Waals surface area contributed by atoms with Crippen LogP contribution in [0.2, 0.25) is 0 Å². The minimum absolute atomic E-state index is 0.354. The summed E-state index contributed by atoms with van der Waals surface area (Å²) in [5.74, 6) is 0.722. The van der Waals surface area contributed by atoms with Gasteiger partial charge in [0, 0.05) is 16.7 Å². The molecule has 0 saturated heterocycles. The zero-order valence-corrected chi connectivity index (χ0v) is 32.2. The van der Waals surface area contributed by atoms with E-state index in [9.17, 15) is 10.2 Å². The van der Waals surface area contributed by atoms with E-state index in [-0.39, 0.29) is 0 Å². The third-order valence-electron chi connectivity index (χ3n) is 9.74. The summed E-state index contributed by atoms with van der Waals surface area (Å²) in [6.07, 6.45) is 36.4. The Hall–Kier alpha value is -3.26. The van der Waals surface area contributed by atoms with Crippen molar-refractivity contribution < 1.29 is 10.2 Å². The topological polar surface area (TPSA) is 40.5 Å². The van der Waals surface area contributed by atoms with Crippen molar-refractivity contribution >= 4 is 0 Å². The number of phenolic OH excluding ortho intramolecular Hbond substituents is 2. The van der Waals surface area contributed by atoms with E-state index in [0.29, 0.717) is 30.8 Å². The van der Waals surface area contributed by atoms with Crippen molar-refractivity contribution in [2.75, 3.05) is 0 Å². The van der Waals surface area contributed by atoms with Gasteiger partial charge in [0.1, 0.15) is 11.5 Å². The van der Waals surface area contributed by atoms with Crippen molar-refractivity contribution in [3.05, 3.63) is 116 Å². The van der Waals surface area contributed by atoms with Gasteiger partial charge in [-0.1, -0.05) is 93.7 Å². The molecular formula is C46H68O2. The summed E-state index contributed by atoms with van der Waals surface area (Å²) in [5.41, 5.74) is 13.7. The fourth-order valence-corrected chi connectivity index (χ4v) is 6.32. The zero-order chi connectivity index (χ0) is 35.5. The van der Waals surface area contributed by atoms with Gasteiger partial charge < -0.3 is 10.2 Å². The molecule has 0 bridgehead atoms. The Bertz CT molecular complexity index is 1430. The zero-order valence-electron chi connectivity index (χ0n) is 32.2. The van der Waals surface area contributed by atoms with Crippen LogP contribution in [0.3, 0.4) is 0 Å². The summed E-state index contributed by atoms with van der Waals surface area (Å²) in [5, 5.41) is 21.6. The van der Waals surface area contributed by atoms with E-state index >= 15 is 0 Å². The molecule has 0 aromatic heterocycles. The van der Waals surface area contributed by atoms with Crippen LogP contribution in [0.15, 0.2) is 93.7 Å². The SMILES string of the molecule is CC(C)=CCCC(C)=CCCC(C)=CCCC(C)=CCCC(C)=CCCC(C)=CCC/C(C)=C/Cc1c(C)c(O)c2c(c1O)CC=CC2. The maximum absolute atomic E-state index is 10.9. The fourth-order valence-electron chi connectivity index (χ4n) is 6.32. The molecule has 0 fully saturated rings. The largest absolute Gasteiger partial charge is 0.507 e. The van der Waals surface area contributed by atoms with Gasteiger partial charge in [0.25, 0.3) is 0 Å². The van der Waals surface area contributed by atoms with Gasteiger partial charge in [0.15, 0.2) is 0 Å². The predicted molar refractivity (Wildman–Crippen MR) is 212 cm³/mol. The highest BCUT2D eigenvalue weighted by Crippen LogP contribution is 2.40. The number of benzene rings is 1. The van der Waals surface area contributed by atoms with E-state index in [1.165, 1.54) is 51.9 Å². The van der Waals surface area contributed by atoms with Crippen LogP contribution in [0.5, 0.6) is 11.5 Å². The van der Waals surface area contributed by atoms with Gasteiger partial charge in [-0.05, 0) is 164 Å². The van der Waals surface area contributed by atoms with Crippen LogP contribution in [0, 0.1) is 6.92 Å². The summed E-state index contributed by atoms with van der Waals surface area (Å²) in [6, 6.07) is 0. The van der Waals surface area contributed by atoms with E-state index in [1.54, 1.807) is 0 Å². The summed E-state index contributed by atoms with van der Waals surface area (Å²) in [6.45, 7) is 19.8. The van der Waals surface area contributed by atoms with Gasteiger partial charge in [-0.15, -0.1) is 0 Å². The molecule has 0 aliphatic heterocycles. The van der Waals surface area contributed by atoms with E-state index in [4.69, 9.17) is 0 Å². The molecule has 2 N–H and O–H groups in total. The monoisotopic (exact) mass is 653 g/mol. The highest BCUT2D eigenvalue weighted by atomic mass is 16.3. The highest BCUT2D eigenvalue weighted by Gasteiger charge is 2.21. The van der Waals surface area contributed by atoms with Crippen LogP contribution in [-0.4, -0.2) is 10.2 Å². The minimum Gasteiger partial charge on any atom is -0.507 e. The molecule has 0 unspecified atom stereocenters. The molecule has 0 spiro atoms. The van der Waals surface area contributed by atoms with Gasteiger partial charge in [-0.25, -0.2) is 0 Å². The third kappa shape index (κ3) is 15.8. The smallest absolute Gasteiger partial charge is 0.123 e. The first kappa shape index (κ1) is 40.9. The first-order chi connectivity index (χ1) is 22.9. The first-order valence-corrected chi connectivity index (χ1v) is 18.7. The quantitative estimate of drug-likeness (QED) is 0.109. The Morgan fingerprint density at radius 2 is 0.792 bits per heavy atom. The van der Waals surface area contributed by atoms with Gasteiger partial charge in [-0.2, -0.15) is 0 Å². The molecule has 0 atom stereocenters. The molecule has 0 saturated carbocycles. The Labute approximate surface area is 295 Å². The van der Waals surface area contributed by atoms with Crippen LogP contribution in [0.25, 0.3) is 0 Å². The van der Waals surface area contributed by atoms with E-state index in [1.807, 2.05) is 6.92 Å². The summed E-state index contributed by atoms with van der Waals surface area (Å²) in [7, 11) is 0. The van der Waals surface area contributed by atoms with Crippen molar-refractivity contribution in [1.29, 1.82) is 0 Å². The average molecular weight is 653 g/mol. The summed E-state index contributed by atoms with van der Waals surface area (Å²) < 4.78 is 0. The maximum Gasteiger partial charge on any atom is 0.123 e. The second-order valence-electron chi connectivity index (χ2n) is 14.7. The Morgan fingerprint density at radius 3 is 1.15 bits per heavy atom. The molecule has 264 valence electrons. The van der Waals surface area contributed by atoms with Crippen LogP contribution in [-0.2, 0) is 19.3 Å². The maximum atomic E-state index is 10.9.